The summed E-state index contributed by atoms with van der Waals surface area (Å²) in [5, 5.41) is 6.07. The third kappa shape index (κ3) is 5.22. The van der Waals surface area contributed by atoms with E-state index in [1.54, 1.807) is 39.3 Å². The second-order valence-electron chi connectivity index (χ2n) is 6.55. The van der Waals surface area contributed by atoms with Gasteiger partial charge in [0.05, 0.1) is 14.2 Å². The lowest BCUT2D eigenvalue weighted by Crippen LogP contribution is -2.24. The number of aryl methyl sites for hydroxylation is 2. The number of carbonyl (C=O) groups is 1. The summed E-state index contributed by atoms with van der Waals surface area (Å²) >= 11 is 0. The average Bonchev–Trinajstić information content (AvgIpc) is 2.72. The summed E-state index contributed by atoms with van der Waals surface area (Å²) in [6.07, 6.45) is 0. The molecule has 0 radical (unpaired) electrons. The number of carbonyl (C=O) groups excluding carboxylic acids is 1. The van der Waals surface area contributed by atoms with E-state index in [-0.39, 0.29) is 5.91 Å². The minimum Gasteiger partial charge on any atom is -0.493 e. The van der Waals surface area contributed by atoms with Crippen LogP contribution in [-0.2, 0) is 6.54 Å². The van der Waals surface area contributed by atoms with Gasteiger partial charge in [-0.2, -0.15) is 0 Å². The van der Waals surface area contributed by atoms with Crippen molar-refractivity contribution in [1.82, 2.24) is 15.3 Å². The molecule has 1 heterocycles. The van der Waals surface area contributed by atoms with E-state index < -0.39 is 0 Å². The van der Waals surface area contributed by atoms with Gasteiger partial charge < -0.3 is 20.1 Å². The van der Waals surface area contributed by atoms with Gasteiger partial charge in [-0.25, -0.2) is 9.97 Å². The maximum Gasteiger partial charge on any atom is 0.270 e. The number of nitrogens with one attached hydrogen (secondary N) is 2. The lowest BCUT2D eigenvalue weighted by molar-refractivity contribution is 0.0945. The number of hydrogen-bond acceptors (Lipinski definition) is 6. The molecule has 0 aliphatic carbocycles. The largest absolute Gasteiger partial charge is 0.493 e. The molecule has 1 amide bonds. The Morgan fingerprint density at radius 1 is 0.931 bits per heavy atom. The number of hydrogen-bond donors (Lipinski definition) is 2. The second kappa shape index (κ2) is 9.05. The molecule has 0 atom stereocenters. The fourth-order valence-corrected chi connectivity index (χ4v) is 2.79. The highest BCUT2D eigenvalue weighted by Crippen LogP contribution is 2.30. The van der Waals surface area contributed by atoms with Gasteiger partial charge in [-0.15, -0.1) is 0 Å². The van der Waals surface area contributed by atoms with Crippen LogP contribution in [0, 0.1) is 13.8 Å². The van der Waals surface area contributed by atoms with Gasteiger partial charge in [0, 0.05) is 24.4 Å². The van der Waals surface area contributed by atoms with Gasteiger partial charge in [0.1, 0.15) is 17.3 Å². The summed E-state index contributed by atoms with van der Waals surface area (Å²) < 4.78 is 10.6. The van der Waals surface area contributed by atoms with Crippen LogP contribution in [0.2, 0.25) is 0 Å². The van der Waals surface area contributed by atoms with Crippen molar-refractivity contribution in [3.63, 3.8) is 0 Å². The Morgan fingerprint density at radius 2 is 1.66 bits per heavy atom. The summed E-state index contributed by atoms with van der Waals surface area (Å²) in [5.74, 6) is 1.99. The smallest absolute Gasteiger partial charge is 0.270 e. The average molecular weight is 392 g/mol. The number of anilines is 2. The Labute approximate surface area is 170 Å². The molecule has 1 aromatic heterocycles. The first-order chi connectivity index (χ1) is 14.0. The first-order valence-electron chi connectivity index (χ1n) is 9.17. The third-order valence-corrected chi connectivity index (χ3v) is 4.30. The lowest BCUT2D eigenvalue weighted by atomic mass is 10.1. The summed E-state index contributed by atoms with van der Waals surface area (Å²) in [6.45, 7) is 4.20. The maximum atomic E-state index is 12.6. The first-order valence-corrected chi connectivity index (χ1v) is 9.17. The molecule has 0 unspecified atom stereocenters. The molecule has 0 bridgehead atoms. The van der Waals surface area contributed by atoms with E-state index in [2.05, 4.69) is 20.6 Å². The minimum atomic E-state index is -0.258. The van der Waals surface area contributed by atoms with Crippen LogP contribution in [-0.4, -0.2) is 30.1 Å². The van der Waals surface area contributed by atoms with Gasteiger partial charge >= 0.3 is 0 Å². The summed E-state index contributed by atoms with van der Waals surface area (Å²) in [6, 6.07) is 15.1. The normalized spacial score (nSPS) is 10.3. The monoisotopic (exact) mass is 392 g/mol. The molecule has 29 heavy (non-hydrogen) atoms. The third-order valence-electron chi connectivity index (χ3n) is 4.30. The highest BCUT2D eigenvalue weighted by Gasteiger charge is 2.12. The fraction of sp³-hybridized carbons (Fsp3) is 0.227. The van der Waals surface area contributed by atoms with Crippen molar-refractivity contribution in [2.45, 2.75) is 20.4 Å². The second-order valence-corrected chi connectivity index (χ2v) is 6.55. The molecule has 0 aliphatic rings. The number of methoxy groups -OCH3 is 2. The van der Waals surface area contributed by atoms with Gasteiger partial charge in [0.25, 0.3) is 5.91 Å². The zero-order valence-electron chi connectivity index (χ0n) is 16.9. The van der Waals surface area contributed by atoms with Gasteiger partial charge in [-0.3, -0.25) is 4.79 Å². The Kier molecular flexibility index (Phi) is 6.29. The van der Waals surface area contributed by atoms with E-state index in [9.17, 15) is 4.79 Å². The van der Waals surface area contributed by atoms with Crippen molar-refractivity contribution in [2.75, 3.05) is 19.5 Å². The Morgan fingerprint density at radius 3 is 2.34 bits per heavy atom. The molecular weight excluding hydrogens is 368 g/mol. The van der Waals surface area contributed by atoms with Crippen molar-refractivity contribution in [3.05, 3.63) is 71.2 Å². The van der Waals surface area contributed by atoms with E-state index in [4.69, 9.17) is 9.47 Å². The molecule has 0 fully saturated rings. The van der Waals surface area contributed by atoms with E-state index in [0.717, 1.165) is 11.3 Å². The van der Waals surface area contributed by atoms with Gasteiger partial charge in [0.15, 0.2) is 11.5 Å². The van der Waals surface area contributed by atoms with Crippen LogP contribution in [0.4, 0.5) is 11.5 Å². The quantitative estimate of drug-likeness (QED) is 0.636. The topological polar surface area (TPSA) is 85.4 Å². The minimum absolute atomic E-state index is 0.258. The zero-order valence-corrected chi connectivity index (χ0v) is 16.9. The molecule has 2 aromatic carbocycles. The van der Waals surface area contributed by atoms with Crippen LogP contribution in [0.5, 0.6) is 11.5 Å². The molecule has 0 spiro atoms. The molecular formula is C22H24N4O3. The van der Waals surface area contributed by atoms with Crippen LogP contribution in [0.15, 0.2) is 48.5 Å². The van der Waals surface area contributed by atoms with Gasteiger partial charge in [-0.05, 0) is 31.5 Å². The van der Waals surface area contributed by atoms with E-state index >= 15 is 0 Å². The number of nitrogens with zero attached hydrogens (tertiary/aromatic N) is 2. The highest BCUT2D eigenvalue weighted by molar-refractivity contribution is 5.93. The molecule has 0 saturated carbocycles. The molecule has 150 valence electrons. The van der Waals surface area contributed by atoms with E-state index in [1.807, 2.05) is 37.3 Å². The molecule has 0 saturated heterocycles. The Balaban J connectivity index is 1.73. The van der Waals surface area contributed by atoms with Crippen molar-refractivity contribution < 1.29 is 14.3 Å². The molecule has 7 heteroatoms. The standard InChI is InChI=1S/C22H24N4O3/c1-14-5-7-16(8-6-14)13-23-22(27)18-12-21(25-15(2)24-18)26-17-9-10-19(28-3)20(11-17)29-4/h5-12H,13H2,1-4H3,(H,23,27)(H,24,25,26). The first kappa shape index (κ1) is 20.1. The van der Waals surface area contributed by atoms with Crippen molar-refractivity contribution in [3.8, 4) is 11.5 Å². The van der Waals surface area contributed by atoms with Crippen LogP contribution >= 0.6 is 0 Å². The number of ether oxygens (including phenoxy) is 2. The van der Waals surface area contributed by atoms with Crippen molar-refractivity contribution >= 4 is 17.4 Å². The SMILES string of the molecule is COc1ccc(Nc2cc(C(=O)NCc3ccc(C)cc3)nc(C)n2)cc1OC. The molecule has 3 aromatic rings. The number of rotatable bonds is 7. The summed E-state index contributed by atoms with van der Waals surface area (Å²) in [7, 11) is 3.16. The molecule has 2 N–H and O–H groups in total. The summed E-state index contributed by atoms with van der Waals surface area (Å²) in [4.78, 5) is 21.2. The Hall–Kier alpha value is -3.61. The van der Waals surface area contributed by atoms with Gasteiger partial charge in [0.2, 0.25) is 0 Å². The van der Waals surface area contributed by atoms with Gasteiger partial charge in [-0.1, -0.05) is 29.8 Å². The fourth-order valence-electron chi connectivity index (χ4n) is 2.79. The van der Waals surface area contributed by atoms with E-state index in [0.29, 0.717) is 35.4 Å². The van der Waals surface area contributed by atoms with Crippen molar-refractivity contribution in [2.24, 2.45) is 0 Å². The number of amides is 1. The number of aromatic nitrogens is 2. The number of benzene rings is 2. The molecule has 7 nitrogen and oxygen atoms in total. The zero-order chi connectivity index (χ0) is 20.8. The molecule has 0 aliphatic heterocycles. The predicted molar refractivity (Wildman–Crippen MR) is 112 cm³/mol. The van der Waals surface area contributed by atoms with Crippen LogP contribution < -0.4 is 20.1 Å². The van der Waals surface area contributed by atoms with Crippen LogP contribution in [0.1, 0.15) is 27.4 Å². The summed E-state index contributed by atoms with van der Waals surface area (Å²) in [5.41, 5.74) is 3.26. The predicted octanol–water partition coefficient (Wildman–Crippen LogP) is 3.78. The highest BCUT2D eigenvalue weighted by atomic mass is 16.5. The Bertz CT molecular complexity index is 1000. The van der Waals surface area contributed by atoms with Crippen molar-refractivity contribution in [1.29, 1.82) is 0 Å². The van der Waals surface area contributed by atoms with E-state index in [1.165, 1.54) is 5.56 Å². The maximum absolute atomic E-state index is 12.6. The van der Waals surface area contributed by atoms with Crippen LogP contribution in [0.25, 0.3) is 0 Å². The van der Waals surface area contributed by atoms with Crippen LogP contribution in [0.3, 0.4) is 0 Å². The molecule has 3 rings (SSSR count). The lowest BCUT2D eigenvalue weighted by Gasteiger charge is -2.12.